The first-order valence-electron chi connectivity index (χ1n) is 6.16. The van der Waals surface area contributed by atoms with Gasteiger partial charge in [0.05, 0.1) is 14.2 Å². The molecule has 4 heteroatoms. The molecule has 0 aliphatic carbocycles. The number of carbonyl (C=O) groups is 1. The van der Waals surface area contributed by atoms with Gasteiger partial charge < -0.3 is 14.8 Å². The van der Waals surface area contributed by atoms with E-state index in [-0.39, 0.29) is 17.7 Å². The molecule has 0 bridgehead atoms. The Kier molecular flexibility index (Phi) is 3.87. The van der Waals surface area contributed by atoms with Crippen molar-refractivity contribution in [3.8, 4) is 11.5 Å². The van der Waals surface area contributed by atoms with Crippen molar-refractivity contribution in [1.82, 2.24) is 5.32 Å². The molecular weight excluding hydrogens is 230 g/mol. The van der Waals surface area contributed by atoms with E-state index in [1.165, 1.54) is 0 Å². The molecular formula is C14H19NO3. The molecule has 0 aromatic heterocycles. The fraction of sp³-hybridized carbons (Fsp3) is 0.500. The van der Waals surface area contributed by atoms with Gasteiger partial charge in [-0.15, -0.1) is 0 Å². The minimum atomic E-state index is 0.0433. The second-order valence-corrected chi connectivity index (χ2v) is 4.60. The second kappa shape index (κ2) is 5.40. The number of benzene rings is 1. The quantitative estimate of drug-likeness (QED) is 0.828. The zero-order valence-corrected chi connectivity index (χ0v) is 11.0. The molecule has 1 N–H and O–H groups in total. The van der Waals surface area contributed by atoms with Crippen molar-refractivity contribution in [3.05, 3.63) is 23.8 Å². The van der Waals surface area contributed by atoms with E-state index in [0.717, 1.165) is 13.0 Å². The highest BCUT2D eigenvalue weighted by atomic mass is 16.5. The first kappa shape index (κ1) is 12.9. The Labute approximate surface area is 107 Å². The summed E-state index contributed by atoms with van der Waals surface area (Å²) in [5.41, 5.74) is 0.659. The van der Waals surface area contributed by atoms with E-state index in [0.29, 0.717) is 17.1 Å². The standard InChI is InChI=1S/C14H19NO3/c1-9-13(4-5-15-9)14(16)10-6-11(17-2)8-12(7-10)18-3/h6-9,13,15H,4-5H2,1-3H3. The highest BCUT2D eigenvalue weighted by Crippen LogP contribution is 2.27. The van der Waals surface area contributed by atoms with E-state index in [1.54, 1.807) is 32.4 Å². The molecule has 1 aliphatic rings. The fourth-order valence-electron chi connectivity index (χ4n) is 2.38. The van der Waals surface area contributed by atoms with Gasteiger partial charge in [-0.25, -0.2) is 0 Å². The number of nitrogens with one attached hydrogen (secondary N) is 1. The molecule has 0 radical (unpaired) electrons. The number of methoxy groups -OCH3 is 2. The largest absolute Gasteiger partial charge is 0.497 e. The molecule has 0 spiro atoms. The van der Waals surface area contributed by atoms with Crippen LogP contribution in [0.25, 0.3) is 0 Å². The Balaban J connectivity index is 2.29. The van der Waals surface area contributed by atoms with Gasteiger partial charge in [0.15, 0.2) is 5.78 Å². The molecule has 2 atom stereocenters. The number of ketones is 1. The third-order valence-corrected chi connectivity index (χ3v) is 3.50. The lowest BCUT2D eigenvalue weighted by Gasteiger charge is -2.15. The second-order valence-electron chi connectivity index (χ2n) is 4.60. The van der Waals surface area contributed by atoms with Gasteiger partial charge in [-0.05, 0) is 32.0 Å². The van der Waals surface area contributed by atoms with Crippen molar-refractivity contribution in [3.63, 3.8) is 0 Å². The molecule has 0 saturated carbocycles. The molecule has 2 rings (SSSR count). The summed E-state index contributed by atoms with van der Waals surface area (Å²) >= 11 is 0. The van der Waals surface area contributed by atoms with E-state index in [2.05, 4.69) is 5.32 Å². The maximum atomic E-state index is 12.4. The average molecular weight is 249 g/mol. The Hall–Kier alpha value is -1.55. The van der Waals surface area contributed by atoms with Crippen LogP contribution >= 0.6 is 0 Å². The van der Waals surface area contributed by atoms with Gasteiger partial charge in [0.2, 0.25) is 0 Å². The van der Waals surface area contributed by atoms with Crippen molar-refractivity contribution in [1.29, 1.82) is 0 Å². The Bertz CT molecular complexity index is 422. The summed E-state index contributed by atoms with van der Waals surface area (Å²) in [6.45, 7) is 2.95. The number of Topliss-reactive ketones (excluding diaryl/α,β-unsaturated/α-hetero) is 1. The SMILES string of the molecule is COc1cc(OC)cc(C(=O)C2CCNC2C)c1. The molecule has 1 aromatic rings. The summed E-state index contributed by atoms with van der Waals surface area (Å²) in [5.74, 6) is 1.50. The Morgan fingerprint density at radius 3 is 2.28 bits per heavy atom. The van der Waals surface area contributed by atoms with E-state index in [9.17, 15) is 4.79 Å². The molecule has 1 aliphatic heterocycles. The maximum Gasteiger partial charge on any atom is 0.167 e. The molecule has 0 amide bonds. The summed E-state index contributed by atoms with van der Waals surface area (Å²) in [6.07, 6.45) is 0.888. The van der Waals surface area contributed by atoms with Gasteiger partial charge in [-0.1, -0.05) is 0 Å². The molecule has 1 fully saturated rings. The van der Waals surface area contributed by atoms with Gasteiger partial charge >= 0.3 is 0 Å². The monoisotopic (exact) mass is 249 g/mol. The van der Waals surface area contributed by atoms with Crippen LogP contribution in [0.5, 0.6) is 11.5 Å². The van der Waals surface area contributed by atoms with Crippen LogP contribution in [0.3, 0.4) is 0 Å². The molecule has 98 valence electrons. The molecule has 1 saturated heterocycles. The predicted octanol–water partition coefficient (Wildman–Crippen LogP) is 1.88. The van der Waals surface area contributed by atoms with Crippen molar-refractivity contribution >= 4 is 5.78 Å². The minimum absolute atomic E-state index is 0.0433. The summed E-state index contributed by atoms with van der Waals surface area (Å²) < 4.78 is 10.4. The van der Waals surface area contributed by atoms with Gasteiger partial charge in [0.1, 0.15) is 11.5 Å². The maximum absolute atomic E-state index is 12.4. The zero-order valence-electron chi connectivity index (χ0n) is 11.0. The normalized spacial score (nSPS) is 22.8. The van der Waals surface area contributed by atoms with E-state index < -0.39 is 0 Å². The number of carbonyl (C=O) groups excluding carboxylic acids is 1. The first-order chi connectivity index (χ1) is 8.65. The van der Waals surface area contributed by atoms with E-state index in [1.807, 2.05) is 6.92 Å². The van der Waals surface area contributed by atoms with E-state index >= 15 is 0 Å². The van der Waals surface area contributed by atoms with Crippen LogP contribution in [0, 0.1) is 5.92 Å². The molecule has 2 unspecified atom stereocenters. The van der Waals surface area contributed by atoms with Crippen molar-refractivity contribution in [2.75, 3.05) is 20.8 Å². The summed E-state index contributed by atoms with van der Waals surface area (Å²) in [4.78, 5) is 12.4. The van der Waals surface area contributed by atoms with Crippen molar-refractivity contribution in [2.24, 2.45) is 5.92 Å². The smallest absolute Gasteiger partial charge is 0.167 e. The number of hydrogen-bond donors (Lipinski definition) is 1. The lowest BCUT2D eigenvalue weighted by molar-refractivity contribution is 0.0913. The number of rotatable bonds is 4. The van der Waals surface area contributed by atoms with Crippen LogP contribution < -0.4 is 14.8 Å². The predicted molar refractivity (Wildman–Crippen MR) is 69.4 cm³/mol. The lowest BCUT2D eigenvalue weighted by atomic mass is 9.92. The molecule has 4 nitrogen and oxygen atoms in total. The van der Waals surface area contributed by atoms with Gasteiger partial charge in [0.25, 0.3) is 0 Å². The average Bonchev–Trinajstić information content (AvgIpc) is 2.83. The first-order valence-corrected chi connectivity index (χ1v) is 6.16. The number of ether oxygens (including phenoxy) is 2. The molecule has 1 aromatic carbocycles. The lowest BCUT2D eigenvalue weighted by Crippen LogP contribution is -2.28. The summed E-state index contributed by atoms with van der Waals surface area (Å²) in [7, 11) is 3.17. The fourth-order valence-corrected chi connectivity index (χ4v) is 2.38. The molecule has 1 heterocycles. The topological polar surface area (TPSA) is 47.6 Å². The highest BCUT2D eigenvalue weighted by molar-refractivity contribution is 5.99. The van der Waals surface area contributed by atoms with Gasteiger partial charge in [-0.2, -0.15) is 0 Å². The van der Waals surface area contributed by atoms with Crippen LogP contribution in [-0.2, 0) is 0 Å². The Morgan fingerprint density at radius 1 is 1.22 bits per heavy atom. The van der Waals surface area contributed by atoms with Crippen LogP contribution in [0.4, 0.5) is 0 Å². The van der Waals surface area contributed by atoms with Crippen molar-refractivity contribution in [2.45, 2.75) is 19.4 Å². The van der Waals surface area contributed by atoms with Gasteiger partial charge in [0, 0.05) is 23.6 Å². The van der Waals surface area contributed by atoms with Crippen LogP contribution in [0.1, 0.15) is 23.7 Å². The third kappa shape index (κ3) is 2.48. The highest BCUT2D eigenvalue weighted by Gasteiger charge is 2.30. The Morgan fingerprint density at radius 2 is 1.83 bits per heavy atom. The van der Waals surface area contributed by atoms with Crippen LogP contribution in [0.2, 0.25) is 0 Å². The van der Waals surface area contributed by atoms with Gasteiger partial charge in [-0.3, -0.25) is 4.79 Å². The number of hydrogen-bond acceptors (Lipinski definition) is 4. The van der Waals surface area contributed by atoms with E-state index in [4.69, 9.17) is 9.47 Å². The molecule has 18 heavy (non-hydrogen) atoms. The minimum Gasteiger partial charge on any atom is -0.497 e. The van der Waals surface area contributed by atoms with Crippen LogP contribution in [-0.4, -0.2) is 32.6 Å². The summed E-state index contributed by atoms with van der Waals surface area (Å²) in [6, 6.07) is 5.55. The zero-order chi connectivity index (χ0) is 13.1. The third-order valence-electron chi connectivity index (χ3n) is 3.50. The summed E-state index contributed by atoms with van der Waals surface area (Å²) in [5, 5.41) is 3.29. The van der Waals surface area contributed by atoms with Crippen LogP contribution in [0.15, 0.2) is 18.2 Å². The van der Waals surface area contributed by atoms with Crippen molar-refractivity contribution < 1.29 is 14.3 Å².